The maximum absolute atomic E-state index is 12.4. The van der Waals surface area contributed by atoms with Crippen molar-refractivity contribution < 1.29 is 63.6 Å². The number of aliphatic hydroxyl groups is 2. The second-order valence-electron chi connectivity index (χ2n) is 18.8. The third kappa shape index (κ3) is 31.6. The molecule has 28 heteroatoms. The summed E-state index contributed by atoms with van der Waals surface area (Å²) in [5.41, 5.74) is 24.1. The number of aliphatic carboxylic acids is 2. The molecule has 1 unspecified atom stereocenters. The molecule has 0 saturated carbocycles. The van der Waals surface area contributed by atoms with Gasteiger partial charge in [0, 0.05) is 96.4 Å². The fraction of sp³-hybridized carbons (Fsp3) is 0.667. The van der Waals surface area contributed by atoms with Crippen LogP contribution in [0.2, 0.25) is 0 Å². The van der Waals surface area contributed by atoms with Crippen LogP contribution in [0.3, 0.4) is 0 Å². The maximum Gasteiger partial charge on any atom is 0.326 e. The van der Waals surface area contributed by atoms with Crippen LogP contribution in [0.15, 0.2) is 24.3 Å². The second-order valence-corrected chi connectivity index (χ2v) is 19.2. The summed E-state index contributed by atoms with van der Waals surface area (Å²) in [5.74, 6) is -4.95. The number of anilines is 1. The fourth-order valence-corrected chi connectivity index (χ4v) is 8.55. The Morgan fingerprint density at radius 1 is 0.579 bits per heavy atom. The first kappa shape index (κ1) is 65.8. The first-order valence-corrected chi connectivity index (χ1v) is 26.1. The highest BCUT2D eigenvalue weighted by Gasteiger charge is 2.28. The number of carboxylic acid groups (broad SMARTS) is 2. The number of amides is 8. The summed E-state index contributed by atoms with van der Waals surface area (Å²) in [6.45, 7) is 3.90. The minimum Gasteiger partial charge on any atom is -0.481 e. The topological polar surface area (TPSA) is 424 Å². The second kappa shape index (κ2) is 37.4. The van der Waals surface area contributed by atoms with Crippen LogP contribution >= 0.6 is 12.2 Å². The van der Waals surface area contributed by atoms with Crippen LogP contribution in [-0.2, 0) is 44.8 Å². The third-order valence-electron chi connectivity index (χ3n) is 12.3. The van der Waals surface area contributed by atoms with Crippen LogP contribution in [0, 0.1) is 0 Å². The van der Waals surface area contributed by atoms with E-state index in [4.69, 9.17) is 40.3 Å². The van der Waals surface area contributed by atoms with Gasteiger partial charge in [-0.05, 0) is 87.7 Å². The Hall–Kier alpha value is -6.30. The molecule has 0 radical (unpaired) electrons. The monoisotopic (exact) mass is 1090 g/mol. The molecule has 1 aliphatic heterocycles. The number of primary amides is 4. The number of rotatable bonds is 35. The van der Waals surface area contributed by atoms with E-state index in [9.17, 15) is 58.5 Å². The lowest BCUT2D eigenvalue weighted by Gasteiger charge is -2.38. The first-order chi connectivity index (χ1) is 36.1. The lowest BCUT2D eigenvalue weighted by atomic mass is 10.0. The van der Waals surface area contributed by atoms with Gasteiger partial charge in [-0.1, -0.05) is 25.0 Å². The molecular weight excluding hydrogens is 1010 g/mol. The first-order valence-electron chi connectivity index (χ1n) is 25.7. The molecule has 27 nitrogen and oxygen atoms in total. The van der Waals surface area contributed by atoms with Gasteiger partial charge >= 0.3 is 18.0 Å². The van der Waals surface area contributed by atoms with E-state index in [0.29, 0.717) is 116 Å². The van der Waals surface area contributed by atoms with Crippen molar-refractivity contribution in [2.24, 2.45) is 22.9 Å². The quantitative estimate of drug-likeness (QED) is 0.0181. The Bertz CT molecular complexity index is 2020. The van der Waals surface area contributed by atoms with E-state index in [2.05, 4.69) is 31.9 Å². The Morgan fingerprint density at radius 3 is 1.57 bits per heavy atom. The summed E-state index contributed by atoms with van der Waals surface area (Å²) >= 11 is 5.51. The number of nitrogens with one attached hydrogen (secondary N) is 6. The molecule has 0 spiro atoms. The standard InChI is InChI=1S/C48H82N14O13S/c49-38(63)29-59-21-22-60(30-39(50)64)25-26-62(32-41(52)66)35(28-61(24-23-59)31-40(51)65)27-33-12-14-34(15-13-33)56-48(76)55-20-8-7-19-54-43(68)11-4-2-1-3-10-42(67)53-18-6-5-9-36(45(71)72)57-47(75)58-37(46(73)74)16-17-44(69)70/h12-15,35-37,45,71-72H,1-11,16-32H2,(H2,49,63)(H2,50,64)(H2,51,65)(H2,52,66)(H,53,67)(H,54,68)(H,69,70)(H,73,74)(H2,55,56,76)(H2,57,58,75)/t35?,36-,37-/m0/s1. The van der Waals surface area contributed by atoms with Crippen molar-refractivity contribution in [3.63, 3.8) is 0 Å². The van der Waals surface area contributed by atoms with Crippen molar-refractivity contribution in [2.75, 3.05) is 96.9 Å². The third-order valence-corrected chi connectivity index (χ3v) is 12.5. The minimum absolute atomic E-state index is 0.0134. The Balaban J connectivity index is 1.69. The summed E-state index contributed by atoms with van der Waals surface area (Å²) in [5, 5.41) is 54.1. The van der Waals surface area contributed by atoms with Gasteiger partial charge in [-0.25, -0.2) is 9.59 Å². The number of benzene rings is 1. The molecule has 1 saturated heterocycles. The van der Waals surface area contributed by atoms with Crippen molar-refractivity contribution in [3.05, 3.63) is 29.8 Å². The average molecular weight is 1100 g/mol. The van der Waals surface area contributed by atoms with Crippen LogP contribution in [-0.4, -0.2) is 215 Å². The zero-order chi connectivity index (χ0) is 56.4. The smallest absolute Gasteiger partial charge is 0.326 e. The number of hydrogen-bond donors (Lipinski definition) is 14. The number of carboxylic acids is 2. The van der Waals surface area contributed by atoms with Gasteiger partial charge in [0.1, 0.15) is 6.04 Å². The fourth-order valence-electron chi connectivity index (χ4n) is 8.33. The molecule has 1 heterocycles. The Morgan fingerprint density at radius 2 is 1.07 bits per heavy atom. The van der Waals surface area contributed by atoms with Crippen molar-refractivity contribution >= 4 is 76.4 Å². The highest BCUT2D eigenvalue weighted by Crippen LogP contribution is 2.16. The molecule has 0 aliphatic carbocycles. The number of hydrogen-bond acceptors (Lipinski definition) is 16. The maximum atomic E-state index is 12.4. The van der Waals surface area contributed by atoms with Gasteiger partial charge in [-0.2, -0.15) is 0 Å². The molecular formula is C48H82N14O13S. The highest BCUT2D eigenvalue weighted by atomic mass is 32.1. The summed E-state index contributed by atoms with van der Waals surface area (Å²) < 4.78 is 0. The molecule has 18 N–H and O–H groups in total. The van der Waals surface area contributed by atoms with E-state index >= 15 is 0 Å². The van der Waals surface area contributed by atoms with E-state index in [1.54, 1.807) is 0 Å². The summed E-state index contributed by atoms with van der Waals surface area (Å²) in [4.78, 5) is 115. The average Bonchev–Trinajstić information content (AvgIpc) is 3.33. The lowest BCUT2D eigenvalue weighted by Crippen LogP contribution is -2.54. The number of thiocarbonyl (C=S) groups is 1. The lowest BCUT2D eigenvalue weighted by molar-refractivity contribution is -0.140. The van der Waals surface area contributed by atoms with Gasteiger partial charge in [0.2, 0.25) is 35.4 Å². The Kier molecular flexibility index (Phi) is 32.4. The van der Waals surface area contributed by atoms with Gasteiger partial charge in [0.15, 0.2) is 11.4 Å². The zero-order valence-electron chi connectivity index (χ0n) is 43.4. The summed E-state index contributed by atoms with van der Waals surface area (Å²) in [7, 11) is 0. The van der Waals surface area contributed by atoms with E-state index in [1.807, 2.05) is 43.9 Å². The number of carbonyl (C=O) groups excluding carboxylic acids is 7. The highest BCUT2D eigenvalue weighted by molar-refractivity contribution is 7.80. The van der Waals surface area contributed by atoms with Crippen molar-refractivity contribution in [3.8, 4) is 0 Å². The van der Waals surface area contributed by atoms with Gasteiger partial charge in [-0.15, -0.1) is 0 Å². The van der Waals surface area contributed by atoms with Crippen LogP contribution in [0.5, 0.6) is 0 Å². The largest absolute Gasteiger partial charge is 0.481 e. The van der Waals surface area contributed by atoms with Gasteiger partial charge in [0.05, 0.1) is 32.2 Å². The van der Waals surface area contributed by atoms with Crippen LogP contribution in [0.25, 0.3) is 0 Å². The van der Waals surface area contributed by atoms with Crippen molar-refractivity contribution in [2.45, 2.75) is 114 Å². The van der Waals surface area contributed by atoms with E-state index in [-0.39, 0.29) is 56.9 Å². The van der Waals surface area contributed by atoms with Crippen LogP contribution in [0.1, 0.15) is 89.0 Å². The minimum atomic E-state index is -1.93. The summed E-state index contributed by atoms with van der Waals surface area (Å²) in [6, 6.07) is 3.73. The SMILES string of the molecule is NC(=O)CN1CCN(CC(N)=O)CCN(CC(N)=O)C(Cc2ccc(NC(=S)NCCCCNC(=O)CCCCCCC(=O)NCCCC[C@H](NC(=O)N[C@@H](CCC(=O)O)C(=O)O)C(O)O)cc2)CN(CC(N)=O)CC1. The molecule has 0 aromatic heterocycles. The normalized spacial score (nSPS) is 16.0. The number of nitrogens with two attached hydrogens (primary N) is 4. The van der Waals surface area contributed by atoms with Crippen molar-refractivity contribution in [1.82, 2.24) is 46.2 Å². The van der Waals surface area contributed by atoms with E-state index in [1.165, 1.54) is 0 Å². The Labute approximate surface area is 448 Å². The number of aliphatic hydroxyl groups excluding tert-OH is 1. The number of unbranched alkanes of at least 4 members (excludes halogenated alkanes) is 5. The molecule has 428 valence electrons. The number of nitrogens with zero attached hydrogens (tertiary/aromatic N) is 4. The van der Waals surface area contributed by atoms with Crippen LogP contribution < -0.4 is 54.8 Å². The predicted octanol–water partition coefficient (Wildman–Crippen LogP) is -3.13. The summed E-state index contributed by atoms with van der Waals surface area (Å²) in [6.07, 6.45) is 3.75. The van der Waals surface area contributed by atoms with Gasteiger partial charge in [0.25, 0.3) is 0 Å². The molecule has 1 aromatic rings. The van der Waals surface area contributed by atoms with E-state index in [0.717, 1.165) is 36.9 Å². The zero-order valence-corrected chi connectivity index (χ0v) is 44.2. The van der Waals surface area contributed by atoms with Crippen LogP contribution in [0.4, 0.5) is 10.5 Å². The molecule has 8 amide bonds. The number of carbonyl (C=O) groups is 9. The molecule has 2 rings (SSSR count). The molecule has 1 fully saturated rings. The van der Waals surface area contributed by atoms with E-state index < -0.39 is 66.4 Å². The molecule has 3 atom stereocenters. The molecule has 1 aromatic carbocycles. The van der Waals surface area contributed by atoms with Crippen molar-refractivity contribution in [1.29, 1.82) is 0 Å². The molecule has 1 aliphatic rings. The predicted molar refractivity (Wildman–Crippen MR) is 285 cm³/mol. The molecule has 0 bridgehead atoms. The van der Waals surface area contributed by atoms with Gasteiger partial charge < -0.3 is 75.3 Å². The van der Waals surface area contributed by atoms with Gasteiger partial charge in [-0.3, -0.25) is 53.2 Å². The number of urea groups is 1. The molecule has 76 heavy (non-hydrogen) atoms.